The van der Waals surface area contributed by atoms with E-state index in [1.165, 1.54) is 0 Å². The second-order valence-electron chi connectivity index (χ2n) is 5.09. The van der Waals surface area contributed by atoms with Crippen LogP contribution in [0, 0.1) is 0 Å². The number of carbonyl (C=O) groups is 1. The van der Waals surface area contributed by atoms with Gasteiger partial charge in [0.15, 0.2) is 5.82 Å². The normalized spacial score (nSPS) is 11.2. The fourth-order valence-corrected chi connectivity index (χ4v) is 1.96. The molecule has 1 aromatic carbocycles. The van der Waals surface area contributed by atoms with Crippen molar-refractivity contribution in [3.8, 4) is 11.5 Å². The number of carboxylic acids is 1. The number of hydrogen-bond acceptors (Lipinski definition) is 5. The maximum Gasteiger partial charge on any atom is 0.304 e. The van der Waals surface area contributed by atoms with E-state index in [4.69, 9.17) is 9.63 Å². The summed E-state index contributed by atoms with van der Waals surface area (Å²) in [5.41, 5.74) is 0.873. The van der Waals surface area contributed by atoms with Gasteiger partial charge >= 0.3 is 5.97 Å². The number of rotatable bonds is 7. The van der Waals surface area contributed by atoms with E-state index >= 15 is 0 Å². The van der Waals surface area contributed by atoms with Crippen molar-refractivity contribution in [3.63, 3.8) is 0 Å². The van der Waals surface area contributed by atoms with Gasteiger partial charge < -0.3 is 9.63 Å². The molecule has 0 radical (unpaired) electrons. The van der Waals surface area contributed by atoms with Crippen molar-refractivity contribution in [2.24, 2.45) is 0 Å². The molecule has 6 nitrogen and oxygen atoms in total. The van der Waals surface area contributed by atoms with Crippen LogP contribution in [0.25, 0.3) is 11.5 Å². The largest absolute Gasteiger partial charge is 0.481 e. The summed E-state index contributed by atoms with van der Waals surface area (Å²) in [7, 11) is 0. The third-order valence-electron chi connectivity index (χ3n) is 3.18. The van der Waals surface area contributed by atoms with Crippen LogP contribution in [0.15, 0.2) is 34.9 Å². The highest BCUT2D eigenvalue weighted by molar-refractivity contribution is 5.66. The maximum atomic E-state index is 10.7. The first-order chi connectivity index (χ1) is 10.1. The number of carboxylic acid groups (broad SMARTS) is 1. The molecule has 6 heteroatoms. The van der Waals surface area contributed by atoms with Crippen LogP contribution in [0.4, 0.5) is 0 Å². The van der Waals surface area contributed by atoms with E-state index < -0.39 is 5.97 Å². The predicted octanol–water partition coefficient (Wildman–Crippen LogP) is 2.42. The van der Waals surface area contributed by atoms with Gasteiger partial charge in [0.2, 0.25) is 0 Å². The molecule has 2 rings (SSSR count). The first kappa shape index (κ1) is 15.2. The molecular weight excluding hydrogens is 270 g/mol. The van der Waals surface area contributed by atoms with Crippen molar-refractivity contribution in [1.82, 2.24) is 15.0 Å². The highest BCUT2D eigenvalue weighted by atomic mass is 16.5. The van der Waals surface area contributed by atoms with Gasteiger partial charge in [-0.2, -0.15) is 4.98 Å². The summed E-state index contributed by atoms with van der Waals surface area (Å²) in [5.74, 6) is 0.235. The average Bonchev–Trinajstić information content (AvgIpc) is 2.92. The smallest absolute Gasteiger partial charge is 0.304 e. The summed E-state index contributed by atoms with van der Waals surface area (Å²) in [6.45, 7) is 4.96. The van der Waals surface area contributed by atoms with E-state index in [0.717, 1.165) is 5.56 Å². The third-order valence-corrected chi connectivity index (χ3v) is 3.18. The quantitative estimate of drug-likeness (QED) is 0.843. The van der Waals surface area contributed by atoms with Crippen LogP contribution in [0.3, 0.4) is 0 Å². The van der Waals surface area contributed by atoms with Crippen LogP contribution in [0.2, 0.25) is 0 Å². The molecule has 0 aliphatic heterocycles. The van der Waals surface area contributed by atoms with Crippen LogP contribution < -0.4 is 0 Å². The first-order valence-electron chi connectivity index (χ1n) is 6.90. The van der Waals surface area contributed by atoms with Gasteiger partial charge in [0.1, 0.15) is 0 Å². The highest BCUT2D eigenvalue weighted by Gasteiger charge is 2.16. The van der Waals surface area contributed by atoms with E-state index in [0.29, 0.717) is 24.8 Å². The molecule has 0 saturated heterocycles. The van der Waals surface area contributed by atoms with Crippen molar-refractivity contribution >= 4 is 5.97 Å². The molecule has 2 aromatic rings. The van der Waals surface area contributed by atoms with Gasteiger partial charge in [-0.3, -0.25) is 9.69 Å². The van der Waals surface area contributed by atoms with E-state index in [-0.39, 0.29) is 12.5 Å². The van der Waals surface area contributed by atoms with Gasteiger partial charge in [-0.25, -0.2) is 0 Å². The fraction of sp³-hybridized carbons (Fsp3) is 0.400. The van der Waals surface area contributed by atoms with Crippen LogP contribution in [0.5, 0.6) is 0 Å². The lowest BCUT2D eigenvalue weighted by Gasteiger charge is -2.23. The first-order valence-corrected chi connectivity index (χ1v) is 6.90. The summed E-state index contributed by atoms with van der Waals surface area (Å²) in [4.78, 5) is 17.1. The molecule has 0 spiro atoms. The van der Waals surface area contributed by atoms with E-state index in [1.807, 2.05) is 49.1 Å². The van der Waals surface area contributed by atoms with Gasteiger partial charge in [0.25, 0.3) is 5.89 Å². The average molecular weight is 289 g/mol. The Bertz CT molecular complexity index is 581. The molecule has 0 fully saturated rings. The Hall–Kier alpha value is -2.21. The van der Waals surface area contributed by atoms with Crippen molar-refractivity contribution < 1.29 is 14.4 Å². The van der Waals surface area contributed by atoms with Crippen LogP contribution in [-0.2, 0) is 11.3 Å². The number of aromatic nitrogens is 2. The van der Waals surface area contributed by atoms with Crippen LogP contribution in [-0.4, -0.2) is 38.7 Å². The van der Waals surface area contributed by atoms with Gasteiger partial charge in [0, 0.05) is 18.2 Å². The van der Waals surface area contributed by atoms with Crippen molar-refractivity contribution in [2.45, 2.75) is 32.9 Å². The minimum absolute atomic E-state index is 0.0988. The molecule has 1 N–H and O–H groups in total. The predicted molar refractivity (Wildman–Crippen MR) is 77.5 cm³/mol. The zero-order valence-electron chi connectivity index (χ0n) is 12.2. The molecule has 0 unspecified atom stereocenters. The second kappa shape index (κ2) is 6.99. The summed E-state index contributed by atoms with van der Waals surface area (Å²) < 4.78 is 5.25. The number of nitrogens with zero attached hydrogens (tertiary/aromatic N) is 3. The van der Waals surface area contributed by atoms with Crippen molar-refractivity contribution in [2.75, 3.05) is 6.54 Å². The Labute approximate surface area is 123 Å². The minimum atomic E-state index is -0.807. The highest BCUT2D eigenvalue weighted by Crippen LogP contribution is 2.17. The lowest BCUT2D eigenvalue weighted by molar-refractivity contribution is -0.137. The SMILES string of the molecule is CC(C)N(CCC(=O)O)Cc1noc(-c2ccccc2)n1. The Morgan fingerprint density at radius 1 is 1.33 bits per heavy atom. The molecular formula is C15H19N3O3. The second-order valence-corrected chi connectivity index (χ2v) is 5.09. The summed E-state index contributed by atoms with van der Waals surface area (Å²) in [5, 5.41) is 12.8. The zero-order valence-corrected chi connectivity index (χ0v) is 12.2. The molecule has 1 aromatic heterocycles. The Morgan fingerprint density at radius 2 is 2.05 bits per heavy atom. The van der Waals surface area contributed by atoms with E-state index in [2.05, 4.69) is 10.1 Å². The molecule has 21 heavy (non-hydrogen) atoms. The zero-order chi connectivity index (χ0) is 15.2. The maximum absolute atomic E-state index is 10.7. The molecule has 1 heterocycles. The molecule has 112 valence electrons. The van der Waals surface area contributed by atoms with E-state index in [1.54, 1.807) is 0 Å². The van der Waals surface area contributed by atoms with Crippen LogP contribution >= 0.6 is 0 Å². The molecule has 0 saturated carbocycles. The Morgan fingerprint density at radius 3 is 2.67 bits per heavy atom. The van der Waals surface area contributed by atoms with Gasteiger partial charge in [-0.05, 0) is 26.0 Å². The van der Waals surface area contributed by atoms with Gasteiger partial charge in [-0.15, -0.1) is 0 Å². The Kier molecular flexibility index (Phi) is 5.05. The number of aliphatic carboxylic acids is 1. The van der Waals surface area contributed by atoms with Gasteiger partial charge in [-0.1, -0.05) is 23.4 Å². The molecule has 0 atom stereocenters. The summed E-state index contributed by atoms with van der Waals surface area (Å²) >= 11 is 0. The molecule has 0 bridgehead atoms. The van der Waals surface area contributed by atoms with Crippen molar-refractivity contribution in [3.05, 3.63) is 36.2 Å². The Balaban J connectivity index is 2.04. The molecule has 0 aliphatic carbocycles. The van der Waals surface area contributed by atoms with E-state index in [9.17, 15) is 4.79 Å². The summed E-state index contributed by atoms with van der Waals surface area (Å²) in [6.07, 6.45) is 0.0988. The van der Waals surface area contributed by atoms with Crippen molar-refractivity contribution in [1.29, 1.82) is 0 Å². The lowest BCUT2D eigenvalue weighted by Crippen LogP contribution is -2.32. The fourth-order valence-electron chi connectivity index (χ4n) is 1.96. The number of benzene rings is 1. The number of hydrogen-bond donors (Lipinski definition) is 1. The molecule has 0 aliphatic rings. The van der Waals surface area contributed by atoms with Crippen LogP contribution in [0.1, 0.15) is 26.1 Å². The topological polar surface area (TPSA) is 79.5 Å². The monoisotopic (exact) mass is 289 g/mol. The lowest BCUT2D eigenvalue weighted by atomic mass is 10.2. The molecule has 0 amide bonds. The standard InChI is InChI=1S/C15H19N3O3/c1-11(2)18(9-8-14(19)20)10-13-16-15(21-17-13)12-6-4-3-5-7-12/h3-7,11H,8-10H2,1-2H3,(H,19,20). The third kappa shape index (κ3) is 4.39. The minimum Gasteiger partial charge on any atom is -0.481 e. The summed E-state index contributed by atoms with van der Waals surface area (Å²) in [6, 6.07) is 9.76. The van der Waals surface area contributed by atoms with Gasteiger partial charge in [0.05, 0.1) is 13.0 Å².